The van der Waals surface area contributed by atoms with Crippen LogP contribution in [0.25, 0.3) is 6.08 Å². The molecule has 5 nitrogen and oxygen atoms in total. The van der Waals surface area contributed by atoms with Crippen molar-refractivity contribution in [3.8, 4) is 0 Å². The molecule has 0 unspecified atom stereocenters. The summed E-state index contributed by atoms with van der Waals surface area (Å²) in [5.74, 6) is -1.70. The van der Waals surface area contributed by atoms with Gasteiger partial charge < -0.3 is 14.7 Å². The highest BCUT2D eigenvalue weighted by atomic mass is 19.1. The van der Waals surface area contributed by atoms with Gasteiger partial charge in [0.05, 0.1) is 0 Å². The molecular weight excluding hydrogens is 301 g/mol. The zero-order valence-corrected chi connectivity index (χ0v) is 13.0. The summed E-state index contributed by atoms with van der Waals surface area (Å²) in [5.41, 5.74) is 1.11. The molecule has 0 radical (unpaired) electrons. The molecule has 1 aliphatic heterocycles. The van der Waals surface area contributed by atoms with Crippen LogP contribution < -0.4 is 0 Å². The van der Waals surface area contributed by atoms with Crippen LogP contribution in [-0.2, 0) is 14.3 Å². The van der Waals surface area contributed by atoms with E-state index in [2.05, 4.69) is 0 Å². The monoisotopic (exact) mass is 321 g/mol. The van der Waals surface area contributed by atoms with Crippen LogP contribution in [0.2, 0.25) is 0 Å². The maximum atomic E-state index is 12.9. The summed E-state index contributed by atoms with van der Waals surface area (Å²) in [6.45, 7) is 2.35. The predicted molar refractivity (Wildman–Crippen MR) is 83.2 cm³/mol. The van der Waals surface area contributed by atoms with E-state index in [1.54, 1.807) is 25.1 Å². The Morgan fingerprint density at radius 2 is 1.91 bits per heavy atom. The first-order chi connectivity index (χ1) is 11.0. The third kappa shape index (κ3) is 4.89. The Labute approximate surface area is 134 Å². The minimum atomic E-state index is -1.04. The predicted octanol–water partition coefficient (Wildman–Crippen LogP) is 2.32. The van der Waals surface area contributed by atoms with E-state index < -0.39 is 5.97 Å². The SMILES string of the molecule is C/C(=C/c1ccc(F)cc1)C(=O)N(CC(=O)O)C1CCOCC1. The average Bonchev–Trinajstić information content (AvgIpc) is 2.54. The molecule has 0 bridgehead atoms. The van der Waals surface area contributed by atoms with Crippen molar-refractivity contribution >= 4 is 18.0 Å². The van der Waals surface area contributed by atoms with Gasteiger partial charge in [-0.15, -0.1) is 0 Å². The number of amides is 1. The first-order valence-corrected chi connectivity index (χ1v) is 7.51. The van der Waals surface area contributed by atoms with Gasteiger partial charge in [0.15, 0.2) is 0 Å². The molecule has 1 aliphatic rings. The summed E-state index contributed by atoms with van der Waals surface area (Å²) in [5, 5.41) is 9.08. The number of rotatable bonds is 5. The fourth-order valence-electron chi connectivity index (χ4n) is 2.61. The van der Waals surface area contributed by atoms with Crippen LogP contribution in [0.4, 0.5) is 4.39 Å². The van der Waals surface area contributed by atoms with E-state index in [1.165, 1.54) is 17.0 Å². The third-order valence-electron chi connectivity index (χ3n) is 3.79. The number of carboxylic acid groups (broad SMARTS) is 1. The average molecular weight is 321 g/mol. The molecule has 0 aliphatic carbocycles. The lowest BCUT2D eigenvalue weighted by Crippen LogP contribution is -2.46. The van der Waals surface area contributed by atoms with Crippen LogP contribution in [0.3, 0.4) is 0 Å². The summed E-state index contributed by atoms with van der Waals surface area (Å²) in [6.07, 6.45) is 2.89. The summed E-state index contributed by atoms with van der Waals surface area (Å²) < 4.78 is 18.2. The van der Waals surface area contributed by atoms with Crippen LogP contribution >= 0.6 is 0 Å². The molecule has 1 amide bonds. The molecule has 1 aromatic rings. The molecule has 23 heavy (non-hydrogen) atoms. The maximum Gasteiger partial charge on any atom is 0.323 e. The maximum absolute atomic E-state index is 12.9. The summed E-state index contributed by atoms with van der Waals surface area (Å²) >= 11 is 0. The summed E-state index contributed by atoms with van der Waals surface area (Å²) in [6, 6.07) is 5.64. The fourth-order valence-corrected chi connectivity index (χ4v) is 2.61. The van der Waals surface area contributed by atoms with Crippen LogP contribution in [0, 0.1) is 5.82 Å². The third-order valence-corrected chi connectivity index (χ3v) is 3.79. The van der Waals surface area contributed by atoms with Gasteiger partial charge in [-0.3, -0.25) is 9.59 Å². The Morgan fingerprint density at radius 1 is 1.30 bits per heavy atom. The van der Waals surface area contributed by atoms with E-state index in [0.29, 0.717) is 37.2 Å². The van der Waals surface area contributed by atoms with E-state index in [9.17, 15) is 14.0 Å². The zero-order chi connectivity index (χ0) is 16.8. The molecule has 1 N–H and O–H groups in total. The molecule has 1 heterocycles. The molecule has 2 rings (SSSR count). The molecular formula is C17H20FNO4. The Bertz CT molecular complexity index is 591. The highest BCUT2D eigenvalue weighted by Crippen LogP contribution is 2.18. The van der Waals surface area contributed by atoms with Crippen LogP contribution in [0.1, 0.15) is 25.3 Å². The van der Waals surface area contributed by atoms with Crippen molar-refractivity contribution in [2.45, 2.75) is 25.8 Å². The van der Waals surface area contributed by atoms with Gasteiger partial charge in [0.1, 0.15) is 12.4 Å². The molecule has 1 saturated heterocycles. The van der Waals surface area contributed by atoms with Gasteiger partial charge in [-0.05, 0) is 43.5 Å². The second-order valence-electron chi connectivity index (χ2n) is 5.55. The van der Waals surface area contributed by atoms with E-state index >= 15 is 0 Å². The lowest BCUT2D eigenvalue weighted by Gasteiger charge is -2.33. The second kappa shape index (κ2) is 7.87. The van der Waals surface area contributed by atoms with Gasteiger partial charge >= 0.3 is 5.97 Å². The highest BCUT2D eigenvalue weighted by Gasteiger charge is 2.28. The number of hydrogen-bond acceptors (Lipinski definition) is 3. The number of benzene rings is 1. The number of carbonyl (C=O) groups is 2. The van der Waals surface area contributed by atoms with Gasteiger partial charge in [0.25, 0.3) is 0 Å². The highest BCUT2D eigenvalue weighted by molar-refractivity contribution is 5.98. The van der Waals surface area contributed by atoms with E-state index in [-0.39, 0.29) is 24.3 Å². The molecule has 124 valence electrons. The van der Waals surface area contributed by atoms with Crippen LogP contribution in [-0.4, -0.2) is 47.7 Å². The number of carbonyl (C=O) groups excluding carboxylic acids is 1. The van der Waals surface area contributed by atoms with Gasteiger partial charge in [-0.2, -0.15) is 0 Å². The normalized spacial score (nSPS) is 16.2. The van der Waals surface area contributed by atoms with E-state index in [1.807, 2.05) is 0 Å². The van der Waals surface area contributed by atoms with Crippen molar-refractivity contribution in [2.24, 2.45) is 0 Å². The number of hydrogen-bond donors (Lipinski definition) is 1. The van der Waals surface area contributed by atoms with Crippen molar-refractivity contribution < 1.29 is 23.8 Å². The first kappa shape index (κ1) is 17.1. The Balaban J connectivity index is 2.17. The Hall–Kier alpha value is -2.21. The fraction of sp³-hybridized carbons (Fsp3) is 0.412. The lowest BCUT2D eigenvalue weighted by molar-refractivity contribution is -0.145. The smallest absolute Gasteiger partial charge is 0.323 e. The lowest BCUT2D eigenvalue weighted by atomic mass is 10.0. The van der Waals surface area contributed by atoms with E-state index in [4.69, 9.17) is 9.84 Å². The minimum Gasteiger partial charge on any atom is -0.480 e. The van der Waals surface area contributed by atoms with Crippen molar-refractivity contribution in [1.82, 2.24) is 4.90 Å². The topological polar surface area (TPSA) is 66.8 Å². The molecule has 6 heteroatoms. The zero-order valence-electron chi connectivity index (χ0n) is 13.0. The van der Waals surface area contributed by atoms with Crippen molar-refractivity contribution in [3.05, 3.63) is 41.2 Å². The molecule has 0 spiro atoms. The van der Waals surface area contributed by atoms with Gasteiger partial charge in [-0.25, -0.2) is 4.39 Å². The largest absolute Gasteiger partial charge is 0.480 e. The van der Waals surface area contributed by atoms with Crippen LogP contribution in [0.15, 0.2) is 29.8 Å². The van der Waals surface area contributed by atoms with Crippen molar-refractivity contribution in [2.75, 3.05) is 19.8 Å². The van der Waals surface area contributed by atoms with Crippen LogP contribution in [0.5, 0.6) is 0 Å². The van der Waals surface area contributed by atoms with E-state index in [0.717, 1.165) is 0 Å². The molecule has 0 atom stereocenters. The van der Waals surface area contributed by atoms with Crippen molar-refractivity contribution in [1.29, 1.82) is 0 Å². The summed E-state index contributed by atoms with van der Waals surface area (Å²) in [7, 11) is 0. The molecule has 1 aromatic carbocycles. The van der Waals surface area contributed by atoms with Gasteiger partial charge in [-0.1, -0.05) is 12.1 Å². The number of nitrogens with zero attached hydrogens (tertiary/aromatic N) is 1. The number of aliphatic carboxylic acids is 1. The molecule has 0 aromatic heterocycles. The first-order valence-electron chi connectivity index (χ1n) is 7.51. The standard InChI is InChI=1S/C17H20FNO4/c1-12(10-13-2-4-14(18)5-3-13)17(22)19(11-16(20)21)15-6-8-23-9-7-15/h2-5,10,15H,6-9,11H2,1H3,(H,20,21)/b12-10-. The molecule has 1 fully saturated rings. The van der Waals surface area contributed by atoms with Gasteiger partial charge in [0, 0.05) is 24.8 Å². The Morgan fingerprint density at radius 3 is 2.48 bits per heavy atom. The number of carboxylic acids is 1. The summed E-state index contributed by atoms with van der Waals surface area (Å²) in [4.78, 5) is 25.1. The Kier molecular flexibility index (Phi) is 5.87. The van der Waals surface area contributed by atoms with Crippen molar-refractivity contribution in [3.63, 3.8) is 0 Å². The van der Waals surface area contributed by atoms with Gasteiger partial charge in [0.2, 0.25) is 5.91 Å². The second-order valence-corrected chi connectivity index (χ2v) is 5.55. The number of ether oxygens (including phenoxy) is 1. The minimum absolute atomic E-state index is 0.135. The quantitative estimate of drug-likeness (QED) is 0.845. The molecule has 0 saturated carbocycles. The number of halogens is 1.